The summed E-state index contributed by atoms with van der Waals surface area (Å²) < 4.78 is 2.47. The van der Waals surface area contributed by atoms with Crippen LogP contribution in [0.4, 0.5) is 0 Å². The number of halogens is 1. The Hall–Kier alpha value is -1.05. The molecule has 1 unspecified atom stereocenters. The highest BCUT2D eigenvalue weighted by Crippen LogP contribution is 2.33. The van der Waals surface area contributed by atoms with Crippen molar-refractivity contribution < 1.29 is 5.11 Å². The molecule has 0 aliphatic heterocycles. The van der Waals surface area contributed by atoms with E-state index in [0.29, 0.717) is 11.7 Å². The van der Waals surface area contributed by atoms with Crippen LogP contribution in [0.25, 0.3) is 0 Å². The number of benzene rings is 1. The predicted octanol–water partition coefficient (Wildman–Crippen LogP) is 2.56. The van der Waals surface area contributed by atoms with Crippen molar-refractivity contribution in [3.63, 3.8) is 0 Å². The quantitative estimate of drug-likeness (QED) is 0.894. The Balaban J connectivity index is 2.42. The fourth-order valence-electron chi connectivity index (χ4n) is 1.70. The molecular weight excluding hydrogens is 330 g/mol. The highest BCUT2D eigenvalue weighted by Gasteiger charge is 2.14. The van der Waals surface area contributed by atoms with Crippen molar-refractivity contribution in [1.82, 2.24) is 14.8 Å². The first-order chi connectivity index (χ1) is 9.02. The zero-order valence-corrected chi connectivity index (χ0v) is 13.0. The number of hydrogen-bond donors (Lipinski definition) is 2. The molecule has 0 radical (unpaired) electrons. The first-order valence-electron chi connectivity index (χ1n) is 5.83. The number of H-pyrrole nitrogens is 1. The van der Waals surface area contributed by atoms with Gasteiger partial charge in [0.25, 0.3) is 0 Å². The van der Waals surface area contributed by atoms with Crippen LogP contribution in [0.3, 0.4) is 0 Å². The second-order valence-corrected chi connectivity index (χ2v) is 5.94. The molecule has 0 spiro atoms. The molecule has 2 N–H and O–H groups in total. The fraction of sp³-hybridized carbons (Fsp3) is 0.333. The standard InChI is InChI=1S/C12H14BrN3O2S/c1-3-16-11(18)14-15-12(16)19-10-6-8(13)4-5-9(10)7(2)17/h4-7,17H,3H2,1-2H3,(H,14,18). The maximum Gasteiger partial charge on any atom is 0.343 e. The first kappa shape index (κ1) is 14.4. The average Bonchev–Trinajstić information content (AvgIpc) is 2.69. The highest BCUT2D eigenvalue weighted by molar-refractivity contribution is 9.10. The summed E-state index contributed by atoms with van der Waals surface area (Å²) in [4.78, 5) is 12.4. The number of rotatable bonds is 4. The molecule has 0 aliphatic carbocycles. The van der Waals surface area contributed by atoms with Crippen molar-refractivity contribution >= 4 is 27.7 Å². The molecule has 1 aromatic carbocycles. The summed E-state index contributed by atoms with van der Waals surface area (Å²) in [6, 6.07) is 5.65. The normalized spacial score (nSPS) is 12.6. The third-order valence-corrected chi connectivity index (χ3v) is 4.23. The minimum Gasteiger partial charge on any atom is -0.389 e. The maximum absolute atomic E-state index is 11.5. The van der Waals surface area contributed by atoms with Crippen LogP contribution in [0.5, 0.6) is 0 Å². The van der Waals surface area contributed by atoms with Gasteiger partial charge in [-0.1, -0.05) is 22.0 Å². The van der Waals surface area contributed by atoms with Crippen LogP contribution >= 0.6 is 27.7 Å². The van der Waals surface area contributed by atoms with Gasteiger partial charge in [0.05, 0.1) is 6.10 Å². The highest BCUT2D eigenvalue weighted by atomic mass is 79.9. The van der Waals surface area contributed by atoms with E-state index in [9.17, 15) is 9.90 Å². The molecule has 0 fully saturated rings. The lowest BCUT2D eigenvalue weighted by Gasteiger charge is -2.11. The third kappa shape index (κ3) is 3.10. The summed E-state index contributed by atoms with van der Waals surface area (Å²) >= 11 is 4.77. The molecule has 0 saturated heterocycles. The van der Waals surface area contributed by atoms with Gasteiger partial charge in [0.15, 0.2) is 5.16 Å². The van der Waals surface area contributed by atoms with Gasteiger partial charge in [-0.25, -0.2) is 9.89 Å². The molecule has 0 aliphatic rings. The molecule has 0 amide bonds. The largest absolute Gasteiger partial charge is 0.389 e. The van der Waals surface area contributed by atoms with Gasteiger partial charge in [-0.05, 0) is 43.3 Å². The van der Waals surface area contributed by atoms with Gasteiger partial charge < -0.3 is 5.11 Å². The van der Waals surface area contributed by atoms with Crippen molar-refractivity contribution in [3.8, 4) is 0 Å². The van der Waals surface area contributed by atoms with Crippen molar-refractivity contribution in [3.05, 3.63) is 38.7 Å². The lowest BCUT2D eigenvalue weighted by Crippen LogP contribution is -2.16. The average molecular weight is 344 g/mol. The Bertz CT molecular complexity index is 636. The second kappa shape index (κ2) is 5.94. The summed E-state index contributed by atoms with van der Waals surface area (Å²) in [7, 11) is 0. The molecule has 1 atom stereocenters. The van der Waals surface area contributed by atoms with E-state index in [1.54, 1.807) is 11.5 Å². The zero-order chi connectivity index (χ0) is 14.0. The van der Waals surface area contributed by atoms with Crippen LogP contribution in [0.2, 0.25) is 0 Å². The Morgan fingerprint density at radius 3 is 2.95 bits per heavy atom. The van der Waals surface area contributed by atoms with E-state index in [0.717, 1.165) is 14.9 Å². The number of aromatic amines is 1. The van der Waals surface area contributed by atoms with Gasteiger partial charge in [0, 0.05) is 15.9 Å². The van der Waals surface area contributed by atoms with Gasteiger partial charge in [-0.15, -0.1) is 5.10 Å². The molecule has 19 heavy (non-hydrogen) atoms. The van der Waals surface area contributed by atoms with Gasteiger partial charge in [0.1, 0.15) is 0 Å². The molecule has 5 nitrogen and oxygen atoms in total. The second-order valence-electron chi connectivity index (χ2n) is 4.02. The number of aliphatic hydroxyl groups excluding tert-OH is 1. The monoisotopic (exact) mass is 343 g/mol. The molecule has 0 bridgehead atoms. The minimum atomic E-state index is -0.573. The summed E-state index contributed by atoms with van der Waals surface area (Å²) in [6.45, 7) is 4.15. The smallest absolute Gasteiger partial charge is 0.343 e. The fourth-order valence-corrected chi connectivity index (χ4v) is 3.37. The lowest BCUT2D eigenvalue weighted by atomic mass is 10.1. The van der Waals surface area contributed by atoms with Crippen molar-refractivity contribution in [1.29, 1.82) is 0 Å². The zero-order valence-electron chi connectivity index (χ0n) is 10.6. The van der Waals surface area contributed by atoms with Crippen LogP contribution in [0, 0.1) is 0 Å². The van der Waals surface area contributed by atoms with Crippen LogP contribution in [0.15, 0.2) is 37.5 Å². The Labute approximate surface area is 123 Å². The Morgan fingerprint density at radius 1 is 1.58 bits per heavy atom. The molecule has 2 rings (SSSR count). The predicted molar refractivity (Wildman–Crippen MR) is 77.4 cm³/mol. The third-order valence-electron chi connectivity index (χ3n) is 2.67. The van der Waals surface area contributed by atoms with Crippen molar-refractivity contribution in [2.75, 3.05) is 0 Å². The van der Waals surface area contributed by atoms with E-state index in [1.165, 1.54) is 11.8 Å². The Morgan fingerprint density at radius 2 is 2.32 bits per heavy atom. The number of aromatic nitrogens is 3. The molecule has 2 aromatic rings. The minimum absolute atomic E-state index is 0.224. The van der Waals surface area contributed by atoms with Crippen LogP contribution in [-0.4, -0.2) is 19.9 Å². The topological polar surface area (TPSA) is 70.9 Å². The lowest BCUT2D eigenvalue weighted by molar-refractivity contribution is 0.196. The van der Waals surface area contributed by atoms with Crippen LogP contribution < -0.4 is 5.69 Å². The summed E-state index contributed by atoms with van der Waals surface area (Å²) in [5.74, 6) is 0. The van der Waals surface area contributed by atoms with E-state index in [1.807, 2.05) is 25.1 Å². The van der Waals surface area contributed by atoms with E-state index in [4.69, 9.17) is 0 Å². The summed E-state index contributed by atoms with van der Waals surface area (Å²) in [5, 5.41) is 16.8. The Kier molecular flexibility index (Phi) is 4.49. The first-order valence-corrected chi connectivity index (χ1v) is 7.44. The summed E-state index contributed by atoms with van der Waals surface area (Å²) in [5.41, 5.74) is 0.588. The summed E-state index contributed by atoms with van der Waals surface area (Å²) in [6.07, 6.45) is -0.573. The van der Waals surface area contributed by atoms with Gasteiger partial charge in [-0.3, -0.25) is 4.57 Å². The van der Waals surface area contributed by atoms with Crippen LogP contribution in [0.1, 0.15) is 25.5 Å². The van der Waals surface area contributed by atoms with E-state index < -0.39 is 6.10 Å². The maximum atomic E-state index is 11.5. The SMILES string of the molecule is CCn1c(Sc2cc(Br)ccc2C(C)O)n[nH]c1=O. The molecule has 1 heterocycles. The number of hydrogen-bond acceptors (Lipinski definition) is 4. The van der Waals surface area contributed by atoms with Gasteiger partial charge in [-0.2, -0.15) is 0 Å². The molecule has 102 valence electrons. The number of aliphatic hydroxyl groups is 1. The molecule has 0 saturated carbocycles. The van der Waals surface area contributed by atoms with E-state index in [2.05, 4.69) is 26.1 Å². The van der Waals surface area contributed by atoms with Gasteiger partial charge in [0.2, 0.25) is 0 Å². The molecule has 7 heteroatoms. The van der Waals surface area contributed by atoms with Crippen LogP contribution in [-0.2, 0) is 6.54 Å². The van der Waals surface area contributed by atoms with E-state index in [-0.39, 0.29) is 5.69 Å². The number of nitrogens with one attached hydrogen (secondary N) is 1. The number of nitrogens with zero attached hydrogens (tertiary/aromatic N) is 2. The van der Waals surface area contributed by atoms with Gasteiger partial charge >= 0.3 is 5.69 Å². The van der Waals surface area contributed by atoms with E-state index >= 15 is 0 Å². The molecular formula is C12H14BrN3O2S. The van der Waals surface area contributed by atoms with Crippen molar-refractivity contribution in [2.45, 2.75) is 36.5 Å². The molecule has 1 aromatic heterocycles. The van der Waals surface area contributed by atoms with Crippen molar-refractivity contribution in [2.24, 2.45) is 0 Å².